The van der Waals surface area contributed by atoms with Gasteiger partial charge >= 0.3 is 0 Å². The van der Waals surface area contributed by atoms with E-state index < -0.39 is 0 Å². The maximum absolute atomic E-state index is 11.5. The number of likely N-dealkylation sites (tertiary alicyclic amines) is 1. The maximum Gasteiger partial charge on any atom is 0.223 e. The molecule has 1 heterocycles. The van der Waals surface area contributed by atoms with Gasteiger partial charge in [0, 0.05) is 19.5 Å². The van der Waals surface area contributed by atoms with Gasteiger partial charge in [-0.2, -0.15) is 5.26 Å². The number of rotatable bonds is 2. The fraction of sp³-hybridized carbons (Fsp3) is 0.800. The van der Waals surface area contributed by atoms with Gasteiger partial charge in [0.05, 0.1) is 12.0 Å². The fourth-order valence-corrected chi connectivity index (χ4v) is 1.58. The second-order valence-electron chi connectivity index (χ2n) is 3.68. The SMILES string of the molecule is CC(C#N)CC(=O)N1CCCCC1. The van der Waals surface area contributed by atoms with E-state index in [4.69, 9.17) is 5.26 Å². The minimum absolute atomic E-state index is 0.144. The largest absolute Gasteiger partial charge is 0.343 e. The van der Waals surface area contributed by atoms with Gasteiger partial charge in [-0.3, -0.25) is 4.79 Å². The van der Waals surface area contributed by atoms with E-state index in [1.54, 1.807) is 6.92 Å². The van der Waals surface area contributed by atoms with Crippen molar-refractivity contribution in [2.24, 2.45) is 5.92 Å². The number of piperidine rings is 1. The summed E-state index contributed by atoms with van der Waals surface area (Å²) < 4.78 is 0. The molecule has 0 spiro atoms. The zero-order chi connectivity index (χ0) is 9.68. The smallest absolute Gasteiger partial charge is 0.223 e. The van der Waals surface area contributed by atoms with Crippen LogP contribution in [-0.2, 0) is 4.79 Å². The van der Waals surface area contributed by atoms with Crippen LogP contribution in [0.2, 0.25) is 0 Å². The van der Waals surface area contributed by atoms with Crippen LogP contribution in [0.15, 0.2) is 0 Å². The Kier molecular flexibility index (Phi) is 3.75. The first kappa shape index (κ1) is 10.0. The Labute approximate surface area is 79.3 Å². The molecule has 3 heteroatoms. The summed E-state index contributed by atoms with van der Waals surface area (Å²) in [6.45, 7) is 3.57. The predicted molar refractivity (Wildman–Crippen MR) is 49.8 cm³/mol. The second kappa shape index (κ2) is 4.86. The number of nitrogens with zero attached hydrogens (tertiary/aromatic N) is 2. The van der Waals surface area contributed by atoms with E-state index in [-0.39, 0.29) is 11.8 Å². The van der Waals surface area contributed by atoms with Crippen LogP contribution < -0.4 is 0 Å². The minimum Gasteiger partial charge on any atom is -0.343 e. The van der Waals surface area contributed by atoms with E-state index in [0.29, 0.717) is 6.42 Å². The molecule has 1 saturated heterocycles. The van der Waals surface area contributed by atoms with E-state index in [1.165, 1.54) is 6.42 Å². The van der Waals surface area contributed by atoms with Crippen molar-refractivity contribution >= 4 is 5.91 Å². The third-order valence-corrected chi connectivity index (χ3v) is 2.41. The van der Waals surface area contributed by atoms with Gasteiger partial charge in [0.25, 0.3) is 0 Å². The minimum atomic E-state index is -0.144. The zero-order valence-electron chi connectivity index (χ0n) is 8.12. The van der Waals surface area contributed by atoms with Gasteiger partial charge in [-0.15, -0.1) is 0 Å². The van der Waals surface area contributed by atoms with Crippen LogP contribution in [0.4, 0.5) is 0 Å². The van der Waals surface area contributed by atoms with Crippen LogP contribution in [0, 0.1) is 17.2 Å². The lowest BCUT2D eigenvalue weighted by Crippen LogP contribution is -2.36. The molecule has 3 nitrogen and oxygen atoms in total. The van der Waals surface area contributed by atoms with Crippen LogP contribution >= 0.6 is 0 Å². The Morgan fingerprint density at radius 2 is 2.08 bits per heavy atom. The summed E-state index contributed by atoms with van der Waals surface area (Å²) in [6, 6.07) is 2.09. The lowest BCUT2D eigenvalue weighted by Gasteiger charge is -2.27. The standard InChI is InChI=1S/C10H16N2O/c1-9(8-11)7-10(13)12-5-3-2-4-6-12/h9H,2-7H2,1H3. The van der Waals surface area contributed by atoms with Crippen LogP contribution in [0.25, 0.3) is 0 Å². The monoisotopic (exact) mass is 180 g/mol. The number of hydrogen-bond donors (Lipinski definition) is 0. The summed E-state index contributed by atoms with van der Waals surface area (Å²) in [5, 5.41) is 8.56. The van der Waals surface area contributed by atoms with Crippen molar-refractivity contribution in [3.8, 4) is 6.07 Å². The third kappa shape index (κ3) is 3.06. The molecule has 0 N–H and O–H groups in total. The van der Waals surface area contributed by atoms with E-state index in [0.717, 1.165) is 25.9 Å². The quantitative estimate of drug-likeness (QED) is 0.647. The molecule has 0 radical (unpaired) electrons. The topological polar surface area (TPSA) is 44.1 Å². The molecule has 0 aromatic carbocycles. The number of amides is 1. The Hall–Kier alpha value is -1.04. The van der Waals surface area contributed by atoms with Gasteiger partial charge in [0.1, 0.15) is 0 Å². The number of carbonyl (C=O) groups is 1. The second-order valence-corrected chi connectivity index (χ2v) is 3.68. The van der Waals surface area contributed by atoms with E-state index in [9.17, 15) is 4.79 Å². The summed E-state index contributed by atoms with van der Waals surface area (Å²) >= 11 is 0. The highest BCUT2D eigenvalue weighted by Gasteiger charge is 2.17. The van der Waals surface area contributed by atoms with Crippen molar-refractivity contribution in [2.45, 2.75) is 32.6 Å². The molecular weight excluding hydrogens is 164 g/mol. The Morgan fingerprint density at radius 3 is 2.62 bits per heavy atom. The van der Waals surface area contributed by atoms with Crippen LogP contribution in [-0.4, -0.2) is 23.9 Å². The first-order valence-electron chi connectivity index (χ1n) is 4.91. The molecule has 13 heavy (non-hydrogen) atoms. The van der Waals surface area contributed by atoms with Gasteiger partial charge in [-0.05, 0) is 26.2 Å². The first-order valence-corrected chi connectivity index (χ1v) is 4.91. The predicted octanol–water partition coefficient (Wildman–Crippen LogP) is 1.55. The molecule has 0 saturated carbocycles. The first-order chi connectivity index (χ1) is 6.24. The number of hydrogen-bond acceptors (Lipinski definition) is 2. The summed E-state index contributed by atoms with van der Waals surface area (Å²) in [4.78, 5) is 13.4. The molecule has 0 aromatic heterocycles. The lowest BCUT2D eigenvalue weighted by atomic mass is 10.1. The van der Waals surface area contributed by atoms with Crippen molar-refractivity contribution in [3.63, 3.8) is 0 Å². The fourth-order valence-electron chi connectivity index (χ4n) is 1.58. The highest BCUT2D eigenvalue weighted by molar-refractivity contribution is 5.76. The maximum atomic E-state index is 11.5. The average molecular weight is 180 g/mol. The van der Waals surface area contributed by atoms with Crippen LogP contribution in [0.5, 0.6) is 0 Å². The number of carbonyl (C=O) groups excluding carboxylic acids is 1. The van der Waals surface area contributed by atoms with Gasteiger partial charge in [0.15, 0.2) is 0 Å². The summed E-state index contributed by atoms with van der Waals surface area (Å²) in [5.74, 6) is 0.00294. The molecule has 1 aliphatic rings. The van der Waals surface area contributed by atoms with E-state index >= 15 is 0 Å². The van der Waals surface area contributed by atoms with Crippen molar-refractivity contribution in [1.29, 1.82) is 5.26 Å². The van der Waals surface area contributed by atoms with Crippen molar-refractivity contribution in [1.82, 2.24) is 4.90 Å². The van der Waals surface area contributed by atoms with Crippen molar-refractivity contribution in [3.05, 3.63) is 0 Å². The highest BCUT2D eigenvalue weighted by Crippen LogP contribution is 2.12. The average Bonchev–Trinajstić information content (AvgIpc) is 2.19. The molecule has 0 bridgehead atoms. The Bertz CT molecular complexity index is 213. The Morgan fingerprint density at radius 1 is 1.46 bits per heavy atom. The van der Waals surface area contributed by atoms with Crippen LogP contribution in [0.3, 0.4) is 0 Å². The van der Waals surface area contributed by atoms with Gasteiger partial charge in [-0.25, -0.2) is 0 Å². The number of nitriles is 1. The summed E-state index contributed by atoms with van der Waals surface area (Å²) in [7, 11) is 0. The molecule has 72 valence electrons. The van der Waals surface area contributed by atoms with Crippen molar-refractivity contribution in [2.75, 3.05) is 13.1 Å². The lowest BCUT2D eigenvalue weighted by molar-refractivity contribution is -0.132. The molecule has 1 atom stereocenters. The molecule has 1 aliphatic heterocycles. The molecule has 0 aromatic rings. The summed E-state index contributed by atoms with van der Waals surface area (Å²) in [5.41, 5.74) is 0. The normalized spacial score (nSPS) is 19.2. The molecule has 1 fully saturated rings. The molecule has 1 amide bonds. The van der Waals surface area contributed by atoms with Crippen molar-refractivity contribution < 1.29 is 4.79 Å². The van der Waals surface area contributed by atoms with E-state index in [2.05, 4.69) is 6.07 Å². The van der Waals surface area contributed by atoms with Gasteiger partial charge in [0.2, 0.25) is 5.91 Å². The van der Waals surface area contributed by atoms with E-state index in [1.807, 2.05) is 4.90 Å². The van der Waals surface area contributed by atoms with Gasteiger partial charge < -0.3 is 4.90 Å². The zero-order valence-corrected chi connectivity index (χ0v) is 8.12. The molecule has 0 aliphatic carbocycles. The van der Waals surface area contributed by atoms with Crippen LogP contribution in [0.1, 0.15) is 32.6 Å². The summed E-state index contributed by atoms with van der Waals surface area (Å²) in [6.07, 6.45) is 3.85. The molecule has 1 rings (SSSR count). The Balaban J connectivity index is 2.34. The third-order valence-electron chi connectivity index (χ3n) is 2.41. The van der Waals surface area contributed by atoms with Gasteiger partial charge in [-0.1, -0.05) is 0 Å². The molecular formula is C10H16N2O. The highest BCUT2D eigenvalue weighted by atomic mass is 16.2. The molecule has 1 unspecified atom stereocenters.